The first kappa shape index (κ1) is 11.0. The van der Waals surface area contributed by atoms with E-state index in [4.69, 9.17) is 9.52 Å². The number of carbonyl (C=O) groups excluding carboxylic acids is 1. The lowest BCUT2D eigenvalue weighted by atomic mass is 10.2. The molecule has 0 aromatic carbocycles. The molecule has 0 radical (unpaired) electrons. The summed E-state index contributed by atoms with van der Waals surface area (Å²) in [6, 6.07) is 3.54. The van der Waals surface area contributed by atoms with Gasteiger partial charge in [0.25, 0.3) is 0 Å². The van der Waals surface area contributed by atoms with Crippen molar-refractivity contribution in [2.45, 2.75) is 18.9 Å². The van der Waals surface area contributed by atoms with Crippen LogP contribution in [0.2, 0.25) is 0 Å². The van der Waals surface area contributed by atoms with Crippen LogP contribution in [0.15, 0.2) is 28.9 Å². The Morgan fingerprint density at radius 1 is 1.69 bits per heavy atom. The largest absolute Gasteiger partial charge is 0.465 e. The quantitative estimate of drug-likeness (QED) is 0.782. The molecular formula is C12H15NO3. The van der Waals surface area contributed by atoms with Gasteiger partial charge in [-0.05, 0) is 31.1 Å². The summed E-state index contributed by atoms with van der Waals surface area (Å²) >= 11 is 0. The molecule has 2 rings (SSSR count). The van der Waals surface area contributed by atoms with Gasteiger partial charge in [-0.1, -0.05) is 0 Å². The van der Waals surface area contributed by atoms with Crippen molar-refractivity contribution in [3.63, 3.8) is 0 Å². The van der Waals surface area contributed by atoms with Crippen LogP contribution in [0.1, 0.15) is 18.6 Å². The molecule has 1 fully saturated rings. The van der Waals surface area contributed by atoms with Gasteiger partial charge >= 0.3 is 0 Å². The Hall–Kier alpha value is -1.55. The Morgan fingerprint density at radius 3 is 3.25 bits per heavy atom. The molecule has 2 heterocycles. The Morgan fingerprint density at radius 2 is 2.56 bits per heavy atom. The normalized spacial score (nSPS) is 20.8. The van der Waals surface area contributed by atoms with E-state index in [0.717, 1.165) is 19.4 Å². The third-order valence-corrected chi connectivity index (χ3v) is 2.80. The summed E-state index contributed by atoms with van der Waals surface area (Å²) in [5.41, 5.74) is 0. The van der Waals surface area contributed by atoms with Crippen LogP contribution in [0, 0.1) is 0 Å². The summed E-state index contributed by atoms with van der Waals surface area (Å²) in [4.78, 5) is 13.5. The Kier molecular flexibility index (Phi) is 3.41. The predicted molar refractivity (Wildman–Crippen MR) is 59.6 cm³/mol. The van der Waals surface area contributed by atoms with Gasteiger partial charge in [0.1, 0.15) is 5.76 Å². The first-order chi connectivity index (χ1) is 7.81. The molecule has 1 atom stereocenters. The fraction of sp³-hybridized carbons (Fsp3) is 0.417. The van der Waals surface area contributed by atoms with Crippen LogP contribution in [-0.4, -0.2) is 35.1 Å². The molecule has 0 saturated carbocycles. The van der Waals surface area contributed by atoms with E-state index < -0.39 is 0 Å². The second-order valence-electron chi connectivity index (χ2n) is 3.86. The number of aliphatic hydroxyl groups excluding tert-OH is 1. The monoisotopic (exact) mass is 221 g/mol. The first-order valence-electron chi connectivity index (χ1n) is 5.44. The number of hydrogen-bond acceptors (Lipinski definition) is 3. The van der Waals surface area contributed by atoms with E-state index in [2.05, 4.69) is 0 Å². The van der Waals surface area contributed by atoms with Crippen LogP contribution >= 0.6 is 0 Å². The molecule has 0 aliphatic carbocycles. The van der Waals surface area contributed by atoms with Gasteiger partial charge < -0.3 is 14.4 Å². The third-order valence-electron chi connectivity index (χ3n) is 2.80. The number of furan rings is 1. The minimum atomic E-state index is -0.0621. The molecule has 1 N–H and O–H groups in total. The third kappa shape index (κ3) is 2.33. The van der Waals surface area contributed by atoms with Crippen molar-refractivity contribution in [1.82, 2.24) is 4.90 Å². The van der Waals surface area contributed by atoms with E-state index in [0.29, 0.717) is 5.76 Å². The molecule has 1 aliphatic rings. The molecule has 4 nitrogen and oxygen atoms in total. The van der Waals surface area contributed by atoms with Crippen LogP contribution in [-0.2, 0) is 4.79 Å². The Balaban J connectivity index is 1.97. The van der Waals surface area contributed by atoms with Crippen LogP contribution in [0.25, 0.3) is 6.08 Å². The summed E-state index contributed by atoms with van der Waals surface area (Å²) in [5, 5.41) is 9.10. The van der Waals surface area contributed by atoms with Crippen LogP contribution in [0.5, 0.6) is 0 Å². The van der Waals surface area contributed by atoms with Gasteiger partial charge in [-0.15, -0.1) is 0 Å². The summed E-state index contributed by atoms with van der Waals surface area (Å²) in [7, 11) is 0. The van der Waals surface area contributed by atoms with Crippen LogP contribution in [0.3, 0.4) is 0 Å². The number of rotatable bonds is 3. The van der Waals surface area contributed by atoms with Gasteiger partial charge in [-0.2, -0.15) is 0 Å². The fourth-order valence-corrected chi connectivity index (χ4v) is 1.95. The number of amides is 1. The van der Waals surface area contributed by atoms with Crippen molar-refractivity contribution < 1.29 is 14.3 Å². The topological polar surface area (TPSA) is 53.7 Å². The van der Waals surface area contributed by atoms with Crippen molar-refractivity contribution in [3.05, 3.63) is 30.2 Å². The number of hydrogen-bond donors (Lipinski definition) is 1. The molecule has 1 amide bonds. The highest BCUT2D eigenvalue weighted by Crippen LogP contribution is 2.17. The van der Waals surface area contributed by atoms with E-state index in [1.54, 1.807) is 29.4 Å². The molecule has 16 heavy (non-hydrogen) atoms. The van der Waals surface area contributed by atoms with Crippen LogP contribution < -0.4 is 0 Å². The smallest absolute Gasteiger partial charge is 0.247 e. The van der Waals surface area contributed by atoms with Gasteiger partial charge in [-0.25, -0.2) is 0 Å². The van der Waals surface area contributed by atoms with Gasteiger partial charge in [0, 0.05) is 12.6 Å². The molecular weight excluding hydrogens is 206 g/mol. The second-order valence-corrected chi connectivity index (χ2v) is 3.86. The molecule has 0 bridgehead atoms. The van der Waals surface area contributed by atoms with Crippen molar-refractivity contribution in [1.29, 1.82) is 0 Å². The van der Waals surface area contributed by atoms with E-state index in [9.17, 15) is 4.79 Å². The van der Waals surface area contributed by atoms with Gasteiger partial charge in [-0.3, -0.25) is 4.79 Å². The summed E-state index contributed by atoms with van der Waals surface area (Å²) in [6.07, 6.45) is 6.56. The van der Waals surface area contributed by atoms with Crippen molar-refractivity contribution in [2.75, 3.05) is 13.2 Å². The van der Waals surface area contributed by atoms with Crippen molar-refractivity contribution >= 4 is 12.0 Å². The maximum absolute atomic E-state index is 11.8. The number of carbonyl (C=O) groups is 1. The lowest BCUT2D eigenvalue weighted by molar-refractivity contribution is -0.127. The highest BCUT2D eigenvalue weighted by Gasteiger charge is 2.26. The standard InChI is InChI=1S/C12H15NO3/c14-9-10-3-1-7-13(10)12(15)6-5-11-4-2-8-16-11/h2,4-6,8,10,14H,1,3,7,9H2/t10-/m0/s1. The van der Waals surface area contributed by atoms with Gasteiger partial charge in [0.15, 0.2) is 0 Å². The molecule has 1 aromatic rings. The van der Waals surface area contributed by atoms with Gasteiger partial charge in [0.2, 0.25) is 5.91 Å². The zero-order valence-corrected chi connectivity index (χ0v) is 9.00. The summed E-state index contributed by atoms with van der Waals surface area (Å²) < 4.78 is 5.09. The molecule has 86 valence electrons. The number of nitrogens with zero attached hydrogens (tertiary/aromatic N) is 1. The first-order valence-corrected chi connectivity index (χ1v) is 5.44. The summed E-state index contributed by atoms with van der Waals surface area (Å²) in [5.74, 6) is 0.598. The highest BCUT2D eigenvalue weighted by atomic mass is 16.3. The minimum Gasteiger partial charge on any atom is -0.465 e. The van der Waals surface area contributed by atoms with E-state index in [-0.39, 0.29) is 18.6 Å². The highest BCUT2D eigenvalue weighted by molar-refractivity contribution is 5.91. The maximum atomic E-state index is 11.8. The Labute approximate surface area is 94.2 Å². The van der Waals surface area contributed by atoms with E-state index in [1.165, 1.54) is 6.08 Å². The van der Waals surface area contributed by atoms with Crippen molar-refractivity contribution in [3.8, 4) is 0 Å². The van der Waals surface area contributed by atoms with E-state index >= 15 is 0 Å². The summed E-state index contributed by atoms with van der Waals surface area (Å²) in [6.45, 7) is 0.771. The molecule has 1 saturated heterocycles. The average Bonchev–Trinajstić information content (AvgIpc) is 2.96. The zero-order chi connectivity index (χ0) is 11.4. The Bertz CT molecular complexity index is 370. The average molecular weight is 221 g/mol. The molecule has 0 unspecified atom stereocenters. The maximum Gasteiger partial charge on any atom is 0.247 e. The fourth-order valence-electron chi connectivity index (χ4n) is 1.95. The number of likely N-dealkylation sites (tertiary alicyclic amines) is 1. The lowest BCUT2D eigenvalue weighted by Gasteiger charge is -2.21. The van der Waals surface area contributed by atoms with Crippen LogP contribution in [0.4, 0.5) is 0 Å². The van der Waals surface area contributed by atoms with Crippen molar-refractivity contribution in [2.24, 2.45) is 0 Å². The SMILES string of the molecule is O=C(C=Cc1ccco1)N1CCC[C@H]1CO. The zero-order valence-electron chi connectivity index (χ0n) is 9.00. The second kappa shape index (κ2) is 4.99. The molecule has 4 heteroatoms. The van der Waals surface area contributed by atoms with E-state index in [1.807, 2.05) is 0 Å². The minimum absolute atomic E-state index is 0.0197. The lowest BCUT2D eigenvalue weighted by Crippen LogP contribution is -2.36. The molecule has 1 aliphatic heterocycles. The molecule has 1 aromatic heterocycles. The number of aliphatic hydroxyl groups is 1. The molecule has 0 spiro atoms. The van der Waals surface area contributed by atoms with Gasteiger partial charge in [0.05, 0.1) is 18.9 Å². The predicted octanol–water partition coefficient (Wildman–Crippen LogP) is 1.28.